The van der Waals surface area contributed by atoms with Gasteiger partial charge >= 0.3 is 0 Å². The summed E-state index contributed by atoms with van der Waals surface area (Å²) in [5, 5.41) is 1.06. The third-order valence-electron chi connectivity index (χ3n) is 4.11. The summed E-state index contributed by atoms with van der Waals surface area (Å²) < 4.78 is 0. The van der Waals surface area contributed by atoms with Crippen LogP contribution < -0.4 is 0 Å². The van der Waals surface area contributed by atoms with E-state index in [0.717, 1.165) is 29.3 Å². The minimum Gasteiger partial charge on any atom is -0.294 e. The Morgan fingerprint density at radius 3 is 2.63 bits per heavy atom. The smallest absolute Gasteiger partial charge is 0.165 e. The Morgan fingerprint density at radius 1 is 1.05 bits per heavy atom. The van der Waals surface area contributed by atoms with Gasteiger partial charge in [-0.05, 0) is 37.1 Å². The SMILES string of the molecule is O=C(c1ccc2ncccc2c1)C1CCCCCC1. The minimum absolute atomic E-state index is 0.233. The van der Waals surface area contributed by atoms with E-state index in [9.17, 15) is 4.79 Å². The topological polar surface area (TPSA) is 30.0 Å². The van der Waals surface area contributed by atoms with Crippen LogP contribution in [0.15, 0.2) is 36.5 Å². The number of nitrogens with zero attached hydrogens (tertiary/aromatic N) is 1. The van der Waals surface area contributed by atoms with Crippen LogP contribution in [0.25, 0.3) is 10.9 Å². The molecule has 1 fully saturated rings. The van der Waals surface area contributed by atoms with Crippen LogP contribution in [0.2, 0.25) is 0 Å². The van der Waals surface area contributed by atoms with E-state index < -0.39 is 0 Å². The van der Waals surface area contributed by atoms with Crippen molar-refractivity contribution in [3.8, 4) is 0 Å². The lowest BCUT2D eigenvalue weighted by atomic mass is 9.90. The maximum absolute atomic E-state index is 12.6. The Morgan fingerprint density at radius 2 is 1.84 bits per heavy atom. The highest BCUT2D eigenvalue weighted by Crippen LogP contribution is 2.27. The third-order valence-corrected chi connectivity index (χ3v) is 4.11. The fraction of sp³-hybridized carbons (Fsp3) is 0.412. The highest BCUT2D eigenvalue weighted by Gasteiger charge is 2.21. The molecule has 2 aromatic rings. The second kappa shape index (κ2) is 5.52. The molecule has 1 aromatic heterocycles. The summed E-state index contributed by atoms with van der Waals surface area (Å²) in [4.78, 5) is 16.9. The van der Waals surface area contributed by atoms with Crippen molar-refractivity contribution in [1.82, 2.24) is 4.98 Å². The van der Waals surface area contributed by atoms with Crippen LogP contribution in [-0.4, -0.2) is 10.8 Å². The molecule has 19 heavy (non-hydrogen) atoms. The van der Waals surface area contributed by atoms with Gasteiger partial charge in [-0.3, -0.25) is 9.78 Å². The average Bonchev–Trinajstić information content (AvgIpc) is 2.75. The van der Waals surface area contributed by atoms with E-state index in [1.165, 1.54) is 25.7 Å². The normalized spacial score (nSPS) is 17.3. The zero-order valence-corrected chi connectivity index (χ0v) is 11.1. The van der Waals surface area contributed by atoms with Crippen molar-refractivity contribution in [3.05, 3.63) is 42.1 Å². The number of carbonyl (C=O) groups is 1. The van der Waals surface area contributed by atoms with Crippen LogP contribution in [0.3, 0.4) is 0 Å². The largest absolute Gasteiger partial charge is 0.294 e. The van der Waals surface area contributed by atoms with Gasteiger partial charge in [0.2, 0.25) is 0 Å². The van der Waals surface area contributed by atoms with Crippen molar-refractivity contribution < 1.29 is 4.79 Å². The molecule has 0 amide bonds. The summed E-state index contributed by atoms with van der Waals surface area (Å²) in [5.41, 5.74) is 1.81. The molecule has 2 nitrogen and oxygen atoms in total. The number of carbonyl (C=O) groups excluding carboxylic acids is 1. The molecule has 0 bridgehead atoms. The first-order valence-electron chi connectivity index (χ1n) is 7.23. The monoisotopic (exact) mass is 253 g/mol. The molecule has 1 aliphatic rings. The lowest BCUT2D eigenvalue weighted by Crippen LogP contribution is -2.14. The molecule has 1 aliphatic carbocycles. The molecule has 98 valence electrons. The van der Waals surface area contributed by atoms with Crippen LogP contribution in [0, 0.1) is 5.92 Å². The van der Waals surface area contributed by atoms with E-state index in [1.54, 1.807) is 6.20 Å². The van der Waals surface area contributed by atoms with Crippen molar-refractivity contribution >= 4 is 16.7 Å². The molecule has 2 heteroatoms. The number of fused-ring (bicyclic) bond motifs is 1. The van der Waals surface area contributed by atoms with E-state index in [1.807, 2.05) is 30.3 Å². The standard InChI is InChI=1S/C17H19NO/c19-17(13-6-3-1-2-4-7-13)15-9-10-16-14(12-15)8-5-11-18-16/h5,8-13H,1-4,6-7H2. The van der Waals surface area contributed by atoms with Crippen molar-refractivity contribution in [3.63, 3.8) is 0 Å². The van der Waals surface area contributed by atoms with Gasteiger partial charge in [-0.1, -0.05) is 31.7 Å². The average molecular weight is 253 g/mol. The minimum atomic E-state index is 0.233. The maximum atomic E-state index is 12.6. The summed E-state index contributed by atoms with van der Waals surface area (Å²) in [6.07, 6.45) is 8.87. The predicted molar refractivity (Wildman–Crippen MR) is 77.3 cm³/mol. The lowest BCUT2D eigenvalue weighted by Gasteiger charge is -2.13. The highest BCUT2D eigenvalue weighted by molar-refractivity contribution is 6.00. The molecule has 0 N–H and O–H groups in total. The third kappa shape index (κ3) is 2.67. The molecule has 0 saturated heterocycles. The van der Waals surface area contributed by atoms with E-state index in [4.69, 9.17) is 0 Å². The van der Waals surface area contributed by atoms with Crippen molar-refractivity contribution in [2.24, 2.45) is 5.92 Å². The number of rotatable bonds is 2. The molecular weight excluding hydrogens is 234 g/mol. The first-order chi connectivity index (χ1) is 9.34. The molecule has 1 saturated carbocycles. The van der Waals surface area contributed by atoms with E-state index in [-0.39, 0.29) is 5.92 Å². The Labute approximate surface area is 113 Å². The van der Waals surface area contributed by atoms with Gasteiger partial charge in [-0.2, -0.15) is 0 Å². The summed E-state index contributed by atoms with van der Waals surface area (Å²) in [5.74, 6) is 0.560. The summed E-state index contributed by atoms with van der Waals surface area (Å²) >= 11 is 0. The molecule has 0 unspecified atom stereocenters. The molecule has 0 atom stereocenters. The fourth-order valence-electron chi connectivity index (χ4n) is 3.01. The second-order valence-electron chi connectivity index (χ2n) is 5.46. The van der Waals surface area contributed by atoms with Crippen molar-refractivity contribution in [2.45, 2.75) is 38.5 Å². The number of pyridine rings is 1. The van der Waals surface area contributed by atoms with Gasteiger partial charge in [0.25, 0.3) is 0 Å². The van der Waals surface area contributed by atoms with Crippen LogP contribution >= 0.6 is 0 Å². The predicted octanol–water partition coefficient (Wildman–Crippen LogP) is 4.39. The van der Waals surface area contributed by atoms with Gasteiger partial charge in [-0.15, -0.1) is 0 Å². The quantitative estimate of drug-likeness (QED) is 0.587. The Kier molecular flexibility index (Phi) is 3.58. The Balaban J connectivity index is 1.88. The van der Waals surface area contributed by atoms with Gasteiger partial charge in [0.1, 0.15) is 0 Å². The van der Waals surface area contributed by atoms with Crippen LogP contribution in [-0.2, 0) is 0 Å². The second-order valence-corrected chi connectivity index (χ2v) is 5.46. The van der Waals surface area contributed by atoms with Gasteiger partial charge in [-0.25, -0.2) is 0 Å². The summed E-state index contributed by atoms with van der Waals surface area (Å²) in [6, 6.07) is 9.83. The van der Waals surface area contributed by atoms with Crippen molar-refractivity contribution in [2.75, 3.05) is 0 Å². The lowest BCUT2D eigenvalue weighted by molar-refractivity contribution is 0.0908. The maximum Gasteiger partial charge on any atom is 0.165 e. The number of hydrogen-bond acceptors (Lipinski definition) is 2. The van der Waals surface area contributed by atoms with Crippen LogP contribution in [0.1, 0.15) is 48.9 Å². The highest BCUT2D eigenvalue weighted by atomic mass is 16.1. The zero-order valence-electron chi connectivity index (χ0n) is 11.1. The van der Waals surface area contributed by atoms with Gasteiger partial charge in [0.05, 0.1) is 5.52 Å². The number of benzene rings is 1. The van der Waals surface area contributed by atoms with Gasteiger partial charge < -0.3 is 0 Å². The number of ketones is 1. The van der Waals surface area contributed by atoms with E-state index in [2.05, 4.69) is 4.98 Å². The van der Waals surface area contributed by atoms with E-state index >= 15 is 0 Å². The fourth-order valence-corrected chi connectivity index (χ4v) is 3.01. The number of Topliss-reactive ketones (excluding diaryl/α,β-unsaturated/α-hetero) is 1. The molecular formula is C17H19NO. The molecule has 0 radical (unpaired) electrons. The Hall–Kier alpha value is -1.70. The Bertz CT molecular complexity index is 583. The molecule has 0 spiro atoms. The number of hydrogen-bond donors (Lipinski definition) is 0. The van der Waals surface area contributed by atoms with Crippen molar-refractivity contribution in [1.29, 1.82) is 0 Å². The molecule has 3 rings (SSSR count). The molecule has 1 heterocycles. The molecule has 0 aliphatic heterocycles. The molecule has 1 aromatic carbocycles. The zero-order chi connectivity index (χ0) is 13.1. The van der Waals surface area contributed by atoms with Crippen LogP contribution in [0.4, 0.5) is 0 Å². The van der Waals surface area contributed by atoms with Gasteiger partial charge in [0, 0.05) is 23.1 Å². The first-order valence-corrected chi connectivity index (χ1v) is 7.23. The van der Waals surface area contributed by atoms with E-state index in [0.29, 0.717) is 5.78 Å². The number of aromatic nitrogens is 1. The summed E-state index contributed by atoms with van der Waals surface area (Å²) in [7, 11) is 0. The van der Waals surface area contributed by atoms with Gasteiger partial charge in [0.15, 0.2) is 5.78 Å². The van der Waals surface area contributed by atoms with Crippen LogP contribution in [0.5, 0.6) is 0 Å². The summed E-state index contributed by atoms with van der Waals surface area (Å²) in [6.45, 7) is 0. The first kappa shape index (κ1) is 12.3.